The van der Waals surface area contributed by atoms with Crippen molar-refractivity contribution in [2.75, 3.05) is 26.2 Å². The van der Waals surface area contributed by atoms with E-state index in [0.717, 1.165) is 32.7 Å². The molecule has 2 atom stereocenters. The van der Waals surface area contributed by atoms with E-state index in [9.17, 15) is 0 Å². The third-order valence-corrected chi connectivity index (χ3v) is 4.49. The Morgan fingerprint density at radius 3 is 2.35 bits per heavy atom. The zero-order valence-electron chi connectivity index (χ0n) is 13.8. The minimum Gasteiger partial charge on any atom is -0.374 e. The van der Waals surface area contributed by atoms with Crippen LogP contribution >= 0.6 is 0 Å². The summed E-state index contributed by atoms with van der Waals surface area (Å²) in [5, 5.41) is 0. The van der Waals surface area contributed by atoms with Crippen LogP contribution in [0, 0.1) is 0 Å². The Morgan fingerprint density at radius 1 is 1.05 bits per heavy atom. The highest BCUT2D eigenvalue weighted by atomic mass is 16.5. The third kappa shape index (κ3) is 7.61. The zero-order chi connectivity index (χ0) is 14.6. The SMILES string of the molecule is CCCCCCCCCCC(N)C1CN(CC)CCO1. The Balaban J connectivity index is 1.98. The summed E-state index contributed by atoms with van der Waals surface area (Å²) in [5.41, 5.74) is 6.29. The first-order valence-corrected chi connectivity index (χ1v) is 8.87. The molecule has 0 amide bonds. The number of ether oxygens (including phenoxy) is 1. The third-order valence-electron chi connectivity index (χ3n) is 4.49. The lowest BCUT2D eigenvalue weighted by molar-refractivity contribution is -0.0401. The van der Waals surface area contributed by atoms with Gasteiger partial charge in [0, 0.05) is 19.1 Å². The van der Waals surface area contributed by atoms with Crippen molar-refractivity contribution < 1.29 is 4.74 Å². The van der Waals surface area contributed by atoms with Gasteiger partial charge in [-0.25, -0.2) is 0 Å². The van der Waals surface area contributed by atoms with E-state index in [1.165, 1.54) is 51.4 Å². The molecule has 0 aromatic carbocycles. The molecule has 1 aliphatic heterocycles. The molecule has 1 aliphatic rings. The molecule has 0 bridgehead atoms. The first-order valence-electron chi connectivity index (χ1n) is 8.87. The van der Waals surface area contributed by atoms with E-state index < -0.39 is 0 Å². The number of hydrogen-bond donors (Lipinski definition) is 1. The second-order valence-electron chi connectivity index (χ2n) is 6.23. The van der Waals surface area contributed by atoms with E-state index in [-0.39, 0.29) is 12.1 Å². The first kappa shape index (κ1) is 17.9. The molecule has 1 heterocycles. The van der Waals surface area contributed by atoms with Crippen LogP contribution < -0.4 is 5.73 Å². The fourth-order valence-corrected chi connectivity index (χ4v) is 2.98. The predicted molar refractivity (Wildman–Crippen MR) is 87.1 cm³/mol. The summed E-state index contributed by atoms with van der Waals surface area (Å²) in [4.78, 5) is 2.45. The van der Waals surface area contributed by atoms with Crippen LogP contribution in [0.3, 0.4) is 0 Å². The van der Waals surface area contributed by atoms with E-state index in [0.29, 0.717) is 0 Å². The molecular weight excluding hydrogens is 248 g/mol. The Kier molecular flexibility index (Phi) is 10.3. The monoisotopic (exact) mass is 284 g/mol. The van der Waals surface area contributed by atoms with Crippen LogP contribution in [0.5, 0.6) is 0 Å². The van der Waals surface area contributed by atoms with Crippen LogP contribution in [0.2, 0.25) is 0 Å². The maximum atomic E-state index is 6.29. The minimum atomic E-state index is 0.226. The lowest BCUT2D eigenvalue weighted by Gasteiger charge is -2.35. The topological polar surface area (TPSA) is 38.5 Å². The van der Waals surface area contributed by atoms with Crippen molar-refractivity contribution in [2.45, 2.75) is 83.8 Å². The lowest BCUT2D eigenvalue weighted by Crippen LogP contribution is -2.50. The molecule has 0 aromatic heterocycles. The molecule has 0 aliphatic carbocycles. The van der Waals surface area contributed by atoms with Crippen molar-refractivity contribution in [3.8, 4) is 0 Å². The van der Waals surface area contributed by atoms with E-state index in [4.69, 9.17) is 10.5 Å². The highest BCUT2D eigenvalue weighted by Crippen LogP contribution is 2.14. The quantitative estimate of drug-likeness (QED) is 0.590. The van der Waals surface area contributed by atoms with Crippen LogP contribution in [-0.2, 0) is 4.74 Å². The van der Waals surface area contributed by atoms with Gasteiger partial charge in [-0.05, 0) is 13.0 Å². The van der Waals surface area contributed by atoms with E-state index >= 15 is 0 Å². The van der Waals surface area contributed by atoms with Gasteiger partial charge in [0.1, 0.15) is 0 Å². The molecule has 1 rings (SSSR count). The standard InChI is InChI=1S/C17H36N2O/c1-3-5-6-7-8-9-10-11-12-16(18)17-15-19(4-2)13-14-20-17/h16-17H,3-15,18H2,1-2H3. The van der Waals surface area contributed by atoms with Gasteiger partial charge in [-0.1, -0.05) is 65.2 Å². The highest BCUT2D eigenvalue weighted by molar-refractivity contribution is 4.80. The minimum absolute atomic E-state index is 0.226. The summed E-state index contributed by atoms with van der Waals surface area (Å²) >= 11 is 0. The van der Waals surface area contributed by atoms with Gasteiger partial charge in [0.25, 0.3) is 0 Å². The molecular formula is C17H36N2O. The summed E-state index contributed by atoms with van der Waals surface area (Å²) in [6, 6.07) is 0.226. The van der Waals surface area contributed by atoms with Crippen LogP contribution in [0.15, 0.2) is 0 Å². The second-order valence-corrected chi connectivity index (χ2v) is 6.23. The van der Waals surface area contributed by atoms with Crippen molar-refractivity contribution >= 4 is 0 Å². The van der Waals surface area contributed by atoms with Crippen molar-refractivity contribution in [1.29, 1.82) is 0 Å². The maximum absolute atomic E-state index is 6.29. The van der Waals surface area contributed by atoms with Gasteiger partial charge in [0.2, 0.25) is 0 Å². The number of rotatable bonds is 11. The number of morpholine rings is 1. The zero-order valence-corrected chi connectivity index (χ0v) is 13.8. The van der Waals surface area contributed by atoms with Crippen LogP contribution in [0.1, 0.15) is 71.6 Å². The second kappa shape index (κ2) is 11.5. The number of unbranched alkanes of at least 4 members (excludes halogenated alkanes) is 7. The Hall–Kier alpha value is -0.120. The molecule has 0 radical (unpaired) electrons. The Bertz CT molecular complexity index is 223. The average Bonchev–Trinajstić information content (AvgIpc) is 2.49. The van der Waals surface area contributed by atoms with E-state index in [1.54, 1.807) is 0 Å². The van der Waals surface area contributed by atoms with Gasteiger partial charge in [0.15, 0.2) is 0 Å². The molecule has 3 heteroatoms. The lowest BCUT2D eigenvalue weighted by atomic mass is 10.0. The Labute approximate surface area is 126 Å². The molecule has 1 fully saturated rings. The average molecular weight is 284 g/mol. The summed E-state index contributed by atoms with van der Waals surface area (Å²) in [5.74, 6) is 0. The van der Waals surface area contributed by atoms with Gasteiger partial charge in [0.05, 0.1) is 12.7 Å². The maximum Gasteiger partial charge on any atom is 0.0853 e. The summed E-state index contributed by atoms with van der Waals surface area (Å²) in [7, 11) is 0. The normalized spacial score (nSPS) is 22.1. The van der Waals surface area contributed by atoms with Crippen molar-refractivity contribution in [3.63, 3.8) is 0 Å². The van der Waals surface area contributed by atoms with Crippen LogP contribution in [0.25, 0.3) is 0 Å². The first-order chi connectivity index (χ1) is 9.77. The fourth-order valence-electron chi connectivity index (χ4n) is 2.98. The van der Waals surface area contributed by atoms with Crippen LogP contribution in [0.4, 0.5) is 0 Å². The van der Waals surface area contributed by atoms with E-state index in [2.05, 4.69) is 18.7 Å². The highest BCUT2D eigenvalue weighted by Gasteiger charge is 2.24. The number of nitrogens with zero attached hydrogens (tertiary/aromatic N) is 1. The largest absolute Gasteiger partial charge is 0.374 e. The molecule has 0 spiro atoms. The fraction of sp³-hybridized carbons (Fsp3) is 1.00. The predicted octanol–water partition coefficient (Wildman–Crippen LogP) is 3.57. The molecule has 2 N–H and O–H groups in total. The summed E-state index contributed by atoms with van der Waals surface area (Å²) in [6.45, 7) is 8.54. The van der Waals surface area contributed by atoms with Gasteiger partial charge < -0.3 is 10.5 Å². The molecule has 20 heavy (non-hydrogen) atoms. The molecule has 0 aromatic rings. The molecule has 2 unspecified atom stereocenters. The van der Waals surface area contributed by atoms with Gasteiger partial charge >= 0.3 is 0 Å². The van der Waals surface area contributed by atoms with Gasteiger partial charge in [-0.15, -0.1) is 0 Å². The van der Waals surface area contributed by atoms with Gasteiger partial charge in [-0.2, -0.15) is 0 Å². The molecule has 1 saturated heterocycles. The smallest absolute Gasteiger partial charge is 0.0853 e. The summed E-state index contributed by atoms with van der Waals surface area (Å²) < 4.78 is 5.83. The van der Waals surface area contributed by atoms with Crippen LogP contribution in [-0.4, -0.2) is 43.3 Å². The van der Waals surface area contributed by atoms with E-state index in [1.807, 2.05) is 0 Å². The number of nitrogens with two attached hydrogens (primary N) is 1. The van der Waals surface area contributed by atoms with Crippen molar-refractivity contribution in [2.24, 2.45) is 5.73 Å². The molecule has 3 nitrogen and oxygen atoms in total. The van der Waals surface area contributed by atoms with Gasteiger partial charge in [-0.3, -0.25) is 4.90 Å². The van der Waals surface area contributed by atoms with Crippen molar-refractivity contribution in [3.05, 3.63) is 0 Å². The number of hydrogen-bond acceptors (Lipinski definition) is 3. The number of likely N-dealkylation sites (N-methyl/N-ethyl adjacent to an activating group) is 1. The van der Waals surface area contributed by atoms with Crippen molar-refractivity contribution in [1.82, 2.24) is 4.90 Å². The molecule has 120 valence electrons. The Morgan fingerprint density at radius 2 is 1.70 bits per heavy atom. The molecule has 0 saturated carbocycles. The summed E-state index contributed by atoms with van der Waals surface area (Å²) in [6.07, 6.45) is 12.3.